The maximum atomic E-state index is 11.8. The molecule has 4 heteroatoms. The van der Waals surface area contributed by atoms with E-state index in [1.165, 1.54) is 0 Å². The van der Waals surface area contributed by atoms with Crippen molar-refractivity contribution in [2.75, 3.05) is 5.88 Å². The van der Waals surface area contributed by atoms with Crippen molar-refractivity contribution in [2.24, 2.45) is 0 Å². The normalized spacial score (nSPS) is 27.2. The van der Waals surface area contributed by atoms with Gasteiger partial charge in [0.15, 0.2) is 6.23 Å². The number of amides is 1. The molecule has 1 unspecified atom stereocenters. The third-order valence-corrected chi connectivity index (χ3v) is 3.40. The van der Waals surface area contributed by atoms with Crippen molar-refractivity contribution in [3.63, 3.8) is 0 Å². The van der Waals surface area contributed by atoms with Crippen molar-refractivity contribution in [3.05, 3.63) is 48.6 Å². The number of carbonyl (C=O) groups excluding carboxylic acids is 1. The lowest BCUT2D eigenvalue weighted by Crippen LogP contribution is -2.40. The van der Waals surface area contributed by atoms with Gasteiger partial charge in [0.2, 0.25) is 5.91 Å². The summed E-state index contributed by atoms with van der Waals surface area (Å²) in [6.07, 6.45) is 1.09. The fourth-order valence-corrected chi connectivity index (χ4v) is 2.45. The van der Waals surface area contributed by atoms with Gasteiger partial charge in [0, 0.05) is 0 Å². The summed E-state index contributed by atoms with van der Waals surface area (Å²) in [5, 5.41) is 0. The Hall–Kier alpha value is -1.32. The monoisotopic (exact) mass is 265 g/mol. The van der Waals surface area contributed by atoms with Crippen LogP contribution in [-0.4, -0.2) is 29.0 Å². The smallest absolute Gasteiger partial charge is 0.240 e. The first-order chi connectivity index (χ1) is 8.69. The van der Waals surface area contributed by atoms with Gasteiger partial charge in [-0.3, -0.25) is 4.79 Å². The highest BCUT2D eigenvalue weighted by molar-refractivity contribution is 6.27. The third kappa shape index (κ3) is 2.28. The van der Waals surface area contributed by atoms with Gasteiger partial charge in [-0.2, -0.15) is 0 Å². The van der Waals surface area contributed by atoms with Gasteiger partial charge in [0.05, 0.1) is 6.04 Å². The van der Waals surface area contributed by atoms with Crippen LogP contribution < -0.4 is 0 Å². The second-order valence-electron chi connectivity index (χ2n) is 4.27. The first-order valence-corrected chi connectivity index (χ1v) is 6.42. The molecule has 3 nitrogen and oxygen atoms in total. The van der Waals surface area contributed by atoms with Crippen LogP contribution in [0.3, 0.4) is 0 Å². The number of halogens is 1. The van der Waals surface area contributed by atoms with E-state index in [0.717, 1.165) is 5.56 Å². The van der Waals surface area contributed by atoms with Crippen LogP contribution >= 0.6 is 11.6 Å². The van der Waals surface area contributed by atoms with Gasteiger partial charge in [-0.1, -0.05) is 36.9 Å². The van der Waals surface area contributed by atoms with Crippen LogP contribution in [0.25, 0.3) is 0 Å². The Morgan fingerprint density at radius 1 is 1.50 bits per heavy atom. The number of benzene rings is 1. The zero-order valence-corrected chi connectivity index (χ0v) is 11.0. The summed E-state index contributed by atoms with van der Waals surface area (Å²) in [5.74, 6) is -0.174. The summed E-state index contributed by atoms with van der Waals surface area (Å²) in [6.45, 7) is 5.67. The second kappa shape index (κ2) is 5.55. The summed E-state index contributed by atoms with van der Waals surface area (Å²) in [4.78, 5) is 13.5. The van der Waals surface area contributed by atoms with E-state index in [-0.39, 0.29) is 23.9 Å². The molecule has 1 aromatic rings. The predicted molar refractivity (Wildman–Crippen MR) is 71.3 cm³/mol. The number of alkyl halides is 1. The van der Waals surface area contributed by atoms with E-state index in [9.17, 15) is 4.79 Å². The molecular weight excluding hydrogens is 250 g/mol. The average Bonchev–Trinajstić information content (AvgIpc) is 2.76. The molecule has 0 N–H and O–H groups in total. The van der Waals surface area contributed by atoms with Crippen LogP contribution in [0.2, 0.25) is 0 Å². The lowest BCUT2D eigenvalue weighted by atomic mass is 10.0. The van der Waals surface area contributed by atoms with Crippen LogP contribution in [0.15, 0.2) is 43.0 Å². The number of hydrogen-bond donors (Lipinski definition) is 0. The van der Waals surface area contributed by atoms with Gasteiger partial charge in [-0.15, -0.1) is 11.6 Å². The first-order valence-electron chi connectivity index (χ1n) is 5.89. The highest BCUT2D eigenvalue weighted by atomic mass is 35.5. The molecule has 0 saturated carbocycles. The molecular formula is C14H16ClNO2. The summed E-state index contributed by atoms with van der Waals surface area (Å²) >= 11 is 5.63. The van der Waals surface area contributed by atoms with Crippen molar-refractivity contribution in [1.29, 1.82) is 0 Å². The van der Waals surface area contributed by atoms with E-state index in [1.807, 2.05) is 37.3 Å². The lowest BCUT2D eigenvalue weighted by molar-refractivity contribution is -0.132. The molecule has 1 fully saturated rings. The minimum atomic E-state index is -0.406. The highest BCUT2D eigenvalue weighted by Gasteiger charge is 2.41. The van der Waals surface area contributed by atoms with E-state index >= 15 is 0 Å². The fraction of sp³-hybridized carbons (Fsp3) is 0.357. The molecule has 1 heterocycles. The first kappa shape index (κ1) is 13.1. The Kier molecular flexibility index (Phi) is 4.04. The minimum Gasteiger partial charge on any atom is -0.345 e. The second-order valence-corrected chi connectivity index (χ2v) is 4.54. The number of rotatable bonds is 3. The molecule has 1 aliphatic rings. The quantitative estimate of drug-likeness (QED) is 0.621. The summed E-state index contributed by atoms with van der Waals surface area (Å²) < 4.78 is 5.87. The van der Waals surface area contributed by atoms with Gasteiger partial charge in [-0.05, 0) is 18.6 Å². The molecule has 96 valence electrons. The Morgan fingerprint density at radius 3 is 2.72 bits per heavy atom. The Labute approximate surface area is 112 Å². The van der Waals surface area contributed by atoms with Crippen LogP contribution in [0.4, 0.5) is 0 Å². The molecule has 1 amide bonds. The van der Waals surface area contributed by atoms with Gasteiger partial charge < -0.3 is 9.64 Å². The number of nitrogens with zero attached hydrogens (tertiary/aromatic N) is 1. The van der Waals surface area contributed by atoms with E-state index < -0.39 is 6.23 Å². The maximum Gasteiger partial charge on any atom is 0.240 e. The summed E-state index contributed by atoms with van der Waals surface area (Å²) in [5.41, 5.74) is 1.06. The molecule has 0 spiro atoms. The Balaban J connectivity index is 2.26. The largest absolute Gasteiger partial charge is 0.345 e. The van der Waals surface area contributed by atoms with Crippen LogP contribution in [0.5, 0.6) is 0 Å². The highest BCUT2D eigenvalue weighted by Crippen LogP contribution is 2.35. The Bertz CT molecular complexity index is 435. The standard InChI is InChI=1S/C14H16ClNO2/c1-3-13-16(12(17)9-15)10(2)14(18-13)11-7-5-4-6-8-11/h3-8,10,13-14H,1,9H2,2H3/t10-,13?,14-/m0/s1. The van der Waals surface area contributed by atoms with Crippen LogP contribution in [0, 0.1) is 0 Å². The number of carbonyl (C=O) groups is 1. The zero-order chi connectivity index (χ0) is 13.1. The van der Waals surface area contributed by atoms with Crippen LogP contribution in [0.1, 0.15) is 18.6 Å². The van der Waals surface area contributed by atoms with Gasteiger partial charge in [0.1, 0.15) is 12.0 Å². The van der Waals surface area contributed by atoms with Crippen molar-refractivity contribution < 1.29 is 9.53 Å². The SMILES string of the molecule is C=CC1O[C@H](c2ccccc2)[C@H](C)N1C(=O)CCl. The van der Waals surface area contributed by atoms with E-state index in [4.69, 9.17) is 16.3 Å². The molecule has 18 heavy (non-hydrogen) atoms. The van der Waals surface area contributed by atoms with Crippen molar-refractivity contribution in [1.82, 2.24) is 4.90 Å². The maximum absolute atomic E-state index is 11.8. The molecule has 0 radical (unpaired) electrons. The van der Waals surface area contributed by atoms with Crippen molar-refractivity contribution in [2.45, 2.75) is 25.3 Å². The number of hydrogen-bond acceptors (Lipinski definition) is 2. The van der Waals surface area contributed by atoms with E-state index in [0.29, 0.717) is 0 Å². The lowest BCUT2D eigenvalue weighted by Gasteiger charge is -2.24. The zero-order valence-electron chi connectivity index (χ0n) is 10.3. The van der Waals surface area contributed by atoms with Crippen molar-refractivity contribution in [3.8, 4) is 0 Å². The molecule has 0 aromatic heterocycles. The number of ether oxygens (including phenoxy) is 1. The van der Waals surface area contributed by atoms with Gasteiger partial charge in [-0.25, -0.2) is 0 Å². The van der Waals surface area contributed by atoms with E-state index in [2.05, 4.69) is 6.58 Å². The Morgan fingerprint density at radius 2 is 2.17 bits per heavy atom. The molecule has 2 rings (SSSR count). The predicted octanol–water partition coefficient (Wildman–Crippen LogP) is 2.73. The molecule has 3 atom stereocenters. The molecule has 1 saturated heterocycles. The van der Waals surface area contributed by atoms with Crippen LogP contribution in [-0.2, 0) is 9.53 Å². The van der Waals surface area contributed by atoms with E-state index in [1.54, 1.807) is 11.0 Å². The fourth-order valence-electron chi connectivity index (χ4n) is 2.31. The topological polar surface area (TPSA) is 29.5 Å². The molecule has 0 aliphatic carbocycles. The molecule has 0 bridgehead atoms. The molecule has 1 aromatic carbocycles. The van der Waals surface area contributed by atoms with Crippen molar-refractivity contribution >= 4 is 17.5 Å². The summed E-state index contributed by atoms with van der Waals surface area (Å²) in [6, 6.07) is 9.81. The minimum absolute atomic E-state index is 0.0421. The average molecular weight is 266 g/mol. The summed E-state index contributed by atoms with van der Waals surface area (Å²) in [7, 11) is 0. The molecule has 1 aliphatic heterocycles. The van der Waals surface area contributed by atoms with Gasteiger partial charge >= 0.3 is 0 Å². The van der Waals surface area contributed by atoms with Gasteiger partial charge in [0.25, 0.3) is 0 Å². The third-order valence-electron chi connectivity index (χ3n) is 3.17.